The largest absolute Gasteiger partial charge is 0.295 e. The van der Waals surface area contributed by atoms with E-state index in [0.717, 1.165) is 6.42 Å². The Balaban J connectivity index is 2.27. The van der Waals surface area contributed by atoms with Crippen LogP contribution < -0.4 is 9.44 Å². The van der Waals surface area contributed by atoms with Crippen LogP contribution in [0.25, 0.3) is 0 Å². The lowest BCUT2D eigenvalue weighted by Gasteiger charge is -2.11. The van der Waals surface area contributed by atoms with Gasteiger partial charge in [-0.1, -0.05) is 31.5 Å². The lowest BCUT2D eigenvalue weighted by molar-refractivity contribution is 0.101. The number of rotatable bonds is 9. The summed E-state index contributed by atoms with van der Waals surface area (Å²) in [6.07, 6.45) is 1.56. The fourth-order valence-corrected chi connectivity index (χ4v) is 4.50. The van der Waals surface area contributed by atoms with Crippen molar-refractivity contribution >= 4 is 31.5 Å². The smallest absolute Gasteiger partial charge is 0.261 e. The maximum absolute atomic E-state index is 12.6. The average molecular weight is 411 g/mol. The van der Waals surface area contributed by atoms with E-state index in [2.05, 4.69) is 9.44 Å². The van der Waals surface area contributed by atoms with Gasteiger partial charge in [0.25, 0.3) is 10.0 Å². The first kappa shape index (κ1) is 21.1. The number of sulfonamides is 2. The molecule has 0 aromatic heterocycles. The molecule has 27 heavy (non-hydrogen) atoms. The fraction of sp³-hybridized carbons (Fsp3) is 0.278. The third kappa shape index (κ3) is 5.62. The molecular weight excluding hydrogens is 388 g/mol. The summed E-state index contributed by atoms with van der Waals surface area (Å²) < 4.78 is 54.5. The summed E-state index contributed by atoms with van der Waals surface area (Å²) in [4.78, 5) is 11.3. The van der Waals surface area contributed by atoms with Crippen LogP contribution >= 0.6 is 0 Å². The van der Waals surface area contributed by atoms with Gasteiger partial charge < -0.3 is 0 Å². The Hall–Kier alpha value is -2.23. The van der Waals surface area contributed by atoms with E-state index in [0.29, 0.717) is 13.0 Å². The highest BCUT2D eigenvalue weighted by molar-refractivity contribution is 7.92. The third-order valence-electron chi connectivity index (χ3n) is 3.77. The number of nitrogens with one attached hydrogen (secondary N) is 2. The van der Waals surface area contributed by atoms with Crippen molar-refractivity contribution in [3.05, 3.63) is 54.1 Å². The van der Waals surface area contributed by atoms with E-state index in [9.17, 15) is 21.6 Å². The van der Waals surface area contributed by atoms with Crippen LogP contribution in [0.1, 0.15) is 37.0 Å². The van der Waals surface area contributed by atoms with Crippen LogP contribution in [0.4, 0.5) is 5.69 Å². The molecule has 0 fully saturated rings. The van der Waals surface area contributed by atoms with Gasteiger partial charge in [-0.15, -0.1) is 0 Å². The average Bonchev–Trinajstić information content (AvgIpc) is 2.62. The van der Waals surface area contributed by atoms with E-state index in [1.54, 1.807) is 0 Å². The Bertz CT molecular complexity index is 1030. The highest BCUT2D eigenvalue weighted by atomic mass is 32.2. The number of unbranched alkanes of at least 4 members (excludes halogenated alkanes) is 1. The Labute approximate surface area is 159 Å². The minimum absolute atomic E-state index is 0.0312. The van der Waals surface area contributed by atoms with Gasteiger partial charge in [-0.3, -0.25) is 9.52 Å². The monoisotopic (exact) mass is 410 g/mol. The highest BCUT2D eigenvalue weighted by Gasteiger charge is 2.18. The van der Waals surface area contributed by atoms with E-state index in [1.165, 1.54) is 55.5 Å². The predicted octanol–water partition coefficient (Wildman–Crippen LogP) is 2.77. The van der Waals surface area contributed by atoms with Gasteiger partial charge in [-0.05, 0) is 43.7 Å². The van der Waals surface area contributed by atoms with Crippen LogP contribution in [-0.4, -0.2) is 29.2 Å². The molecule has 0 unspecified atom stereocenters. The molecule has 0 heterocycles. The first-order chi connectivity index (χ1) is 12.7. The summed E-state index contributed by atoms with van der Waals surface area (Å²) in [5.41, 5.74) is 0.385. The van der Waals surface area contributed by atoms with Gasteiger partial charge >= 0.3 is 0 Å². The molecule has 0 saturated heterocycles. The molecule has 0 amide bonds. The van der Waals surface area contributed by atoms with Crippen molar-refractivity contribution in [1.29, 1.82) is 0 Å². The van der Waals surface area contributed by atoms with Gasteiger partial charge in [0, 0.05) is 12.1 Å². The van der Waals surface area contributed by atoms with Crippen LogP contribution in [0, 0.1) is 0 Å². The molecule has 0 aliphatic heterocycles. The van der Waals surface area contributed by atoms with Crippen molar-refractivity contribution in [2.24, 2.45) is 0 Å². The molecule has 0 aliphatic rings. The van der Waals surface area contributed by atoms with E-state index in [4.69, 9.17) is 0 Å². The number of hydrogen-bond acceptors (Lipinski definition) is 5. The summed E-state index contributed by atoms with van der Waals surface area (Å²) in [5, 5.41) is 0. The normalized spacial score (nSPS) is 11.9. The molecule has 2 rings (SSSR count). The summed E-state index contributed by atoms with van der Waals surface area (Å²) in [5.74, 6) is -0.252. The highest BCUT2D eigenvalue weighted by Crippen LogP contribution is 2.20. The number of anilines is 1. The molecule has 2 aromatic carbocycles. The third-order valence-corrected chi connectivity index (χ3v) is 6.61. The summed E-state index contributed by atoms with van der Waals surface area (Å²) in [6, 6.07) is 11.2. The number of ketones is 1. The molecule has 146 valence electrons. The van der Waals surface area contributed by atoms with E-state index >= 15 is 0 Å². The second-order valence-corrected chi connectivity index (χ2v) is 9.42. The van der Waals surface area contributed by atoms with Crippen LogP contribution in [0.15, 0.2) is 58.3 Å². The molecule has 0 bridgehead atoms. The Morgan fingerprint density at radius 1 is 0.926 bits per heavy atom. The Morgan fingerprint density at radius 3 is 2.19 bits per heavy atom. The number of benzene rings is 2. The lowest BCUT2D eigenvalue weighted by Crippen LogP contribution is -2.24. The zero-order valence-electron chi connectivity index (χ0n) is 15.1. The van der Waals surface area contributed by atoms with Crippen molar-refractivity contribution in [3.8, 4) is 0 Å². The second kappa shape index (κ2) is 8.64. The van der Waals surface area contributed by atoms with Crippen molar-refractivity contribution in [2.75, 3.05) is 11.3 Å². The number of hydrogen-bond donors (Lipinski definition) is 2. The van der Waals surface area contributed by atoms with Gasteiger partial charge in [0.15, 0.2) is 5.78 Å². The molecular formula is C18H22N2O5S2. The first-order valence-electron chi connectivity index (χ1n) is 8.39. The van der Waals surface area contributed by atoms with Crippen LogP contribution in [0.2, 0.25) is 0 Å². The topological polar surface area (TPSA) is 109 Å². The molecule has 0 spiro atoms. The van der Waals surface area contributed by atoms with E-state index < -0.39 is 20.0 Å². The van der Waals surface area contributed by atoms with Crippen LogP contribution in [0.5, 0.6) is 0 Å². The van der Waals surface area contributed by atoms with Crippen molar-refractivity contribution in [3.63, 3.8) is 0 Å². The van der Waals surface area contributed by atoms with Crippen LogP contribution in [0.3, 0.4) is 0 Å². The molecule has 9 heteroatoms. The standard InChI is InChI=1S/C18H22N2O5S2/c1-3-4-11-19-26(22,23)18-10-6-8-16(13-18)20-27(24,25)17-9-5-7-15(12-17)14(2)21/h5-10,12-13,19-20H,3-4,11H2,1-2H3. The SMILES string of the molecule is CCCCNS(=O)(=O)c1cccc(NS(=O)(=O)c2cccc(C(C)=O)c2)c1. The fourth-order valence-electron chi connectivity index (χ4n) is 2.29. The molecule has 0 saturated carbocycles. The van der Waals surface area contributed by atoms with Crippen molar-refractivity contribution in [2.45, 2.75) is 36.5 Å². The minimum atomic E-state index is -3.97. The number of carbonyl (C=O) groups is 1. The van der Waals surface area contributed by atoms with Crippen molar-refractivity contribution < 1.29 is 21.6 Å². The van der Waals surface area contributed by atoms with Gasteiger partial charge in [0.05, 0.1) is 15.5 Å². The molecule has 2 aromatic rings. The summed E-state index contributed by atoms with van der Waals surface area (Å²) in [6.45, 7) is 3.61. The quantitative estimate of drug-likeness (QED) is 0.488. The maximum atomic E-state index is 12.6. The Morgan fingerprint density at radius 2 is 1.56 bits per heavy atom. The molecule has 0 radical (unpaired) electrons. The maximum Gasteiger partial charge on any atom is 0.261 e. The van der Waals surface area contributed by atoms with Gasteiger partial charge in [-0.2, -0.15) is 0 Å². The first-order valence-corrected chi connectivity index (χ1v) is 11.4. The van der Waals surface area contributed by atoms with E-state index in [-0.39, 0.29) is 26.8 Å². The Kier molecular flexibility index (Phi) is 6.74. The molecule has 0 aliphatic carbocycles. The van der Waals surface area contributed by atoms with Crippen molar-refractivity contribution in [1.82, 2.24) is 4.72 Å². The lowest BCUT2D eigenvalue weighted by atomic mass is 10.2. The molecule has 7 nitrogen and oxygen atoms in total. The number of Topliss-reactive ketones (excluding diaryl/α,β-unsaturated/α-hetero) is 1. The van der Waals surface area contributed by atoms with E-state index in [1.807, 2.05) is 6.92 Å². The predicted molar refractivity (Wildman–Crippen MR) is 104 cm³/mol. The van der Waals surface area contributed by atoms with Gasteiger partial charge in [-0.25, -0.2) is 21.6 Å². The minimum Gasteiger partial charge on any atom is -0.295 e. The van der Waals surface area contributed by atoms with Gasteiger partial charge in [0.1, 0.15) is 0 Å². The second-order valence-electron chi connectivity index (χ2n) is 5.97. The van der Waals surface area contributed by atoms with Gasteiger partial charge in [0.2, 0.25) is 10.0 Å². The molecule has 2 N–H and O–H groups in total. The number of carbonyl (C=O) groups excluding carboxylic acids is 1. The summed E-state index contributed by atoms with van der Waals surface area (Å²) in [7, 11) is -7.69. The zero-order chi connectivity index (χ0) is 20.1. The summed E-state index contributed by atoms with van der Waals surface area (Å²) >= 11 is 0. The molecule has 0 atom stereocenters. The zero-order valence-corrected chi connectivity index (χ0v) is 16.7. The van der Waals surface area contributed by atoms with Crippen LogP contribution in [-0.2, 0) is 20.0 Å².